The highest BCUT2D eigenvalue weighted by Gasteiger charge is 2.29. The zero-order valence-corrected chi connectivity index (χ0v) is 11.8. The average Bonchev–Trinajstić information content (AvgIpc) is 2.20. The van der Waals surface area contributed by atoms with E-state index in [9.17, 15) is 0 Å². The maximum absolute atomic E-state index is 5.77. The quantitative estimate of drug-likeness (QED) is 0.861. The normalized spacial score (nSPS) is 19.8. The van der Waals surface area contributed by atoms with E-state index in [-0.39, 0.29) is 4.75 Å². The molecule has 1 fully saturated rings. The van der Waals surface area contributed by atoms with Crippen molar-refractivity contribution in [2.45, 2.75) is 18.6 Å². The Balaban J connectivity index is 2.27. The summed E-state index contributed by atoms with van der Waals surface area (Å²) in [7, 11) is 0. The largest absolute Gasteiger partial charge is 0.383 e. The summed E-state index contributed by atoms with van der Waals surface area (Å²) in [5.74, 6) is 2.52. The molecular weight excluding hydrogens is 288 g/mol. The molecule has 0 bridgehead atoms. The lowest BCUT2D eigenvalue weighted by Crippen LogP contribution is -2.43. The average molecular weight is 303 g/mol. The Labute approximate surface area is 108 Å². The van der Waals surface area contributed by atoms with E-state index in [2.05, 4.69) is 44.6 Å². The predicted molar refractivity (Wildman–Crippen MR) is 72.9 cm³/mol. The maximum Gasteiger partial charge on any atom is 0.148 e. The lowest BCUT2D eigenvalue weighted by molar-refractivity contribution is 0.641. The Bertz CT molecular complexity index is 396. The molecule has 0 amide bonds. The second-order valence-electron chi connectivity index (χ2n) is 4.43. The van der Waals surface area contributed by atoms with Gasteiger partial charge in [0.2, 0.25) is 0 Å². The van der Waals surface area contributed by atoms with Crippen LogP contribution in [0, 0.1) is 0 Å². The van der Waals surface area contributed by atoms with Crippen LogP contribution < -0.4 is 10.6 Å². The molecule has 1 aromatic rings. The summed E-state index contributed by atoms with van der Waals surface area (Å²) in [5, 5.41) is 0. The van der Waals surface area contributed by atoms with Crippen molar-refractivity contribution >= 4 is 39.3 Å². The lowest BCUT2D eigenvalue weighted by Gasteiger charge is -2.38. The van der Waals surface area contributed by atoms with Crippen LogP contribution in [0.25, 0.3) is 0 Å². The van der Waals surface area contributed by atoms with Crippen molar-refractivity contribution in [2.24, 2.45) is 0 Å². The Morgan fingerprint density at radius 1 is 1.50 bits per heavy atom. The molecular formula is C10H15BrN4S. The van der Waals surface area contributed by atoms with E-state index >= 15 is 0 Å². The molecule has 2 N–H and O–H groups in total. The number of aromatic nitrogens is 2. The van der Waals surface area contributed by atoms with Crippen LogP contribution in [0.1, 0.15) is 13.8 Å². The number of hydrogen-bond donors (Lipinski definition) is 1. The van der Waals surface area contributed by atoms with Crippen molar-refractivity contribution in [3.63, 3.8) is 0 Å². The van der Waals surface area contributed by atoms with E-state index in [1.807, 2.05) is 11.8 Å². The highest BCUT2D eigenvalue weighted by molar-refractivity contribution is 9.10. The van der Waals surface area contributed by atoms with Gasteiger partial charge in [0.15, 0.2) is 0 Å². The molecule has 1 aliphatic rings. The van der Waals surface area contributed by atoms with Crippen molar-refractivity contribution < 1.29 is 0 Å². The van der Waals surface area contributed by atoms with Crippen LogP contribution in [0.3, 0.4) is 0 Å². The first-order valence-corrected chi connectivity index (χ1v) is 6.92. The van der Waals surface area contributed by atoms with Gasteiger partial charge in [-0.2, -0.15) is 11.8 Å². The molecule has 0 unspecified atom stereocenters. The molecule has 4 nitrogen and oxygen atoms in total. The van der Waals surface area contributed by atoms with Gasteiger partial charge in [-0.25, -0.2) is 9.97 Å². The van der Waals surface area contributed by atoms with Crippen molar-refractivity contribution in [2.75, 3.05) is 29.5 Å². The maximum atomic E-state index is 5.77. The first kappa shape index (κ1) is 12.0. The molecule has 0 spiro atoms. The van der Waals surface area contributed by atoms with E-state index in [4.69, 9.17) is 5.73 Å². The Morgan fingerprint density at radius 2 is 2.25 bits per heavy atom. The summed E-state index contributed by atoms with van der Waals surface area (Å²) in [6.45, 7) is 6.49. The summed E-state index contributed by atoms with van der Waals surface area (Å²) in [4.78, 5) is 10.5. The minimum Gasteiger partial charge on any atom is -0.383 e. The fourth-order valence-electron chi connectivity index (χ4n) is 1.79. The molecule has 0 aromatic carbocycles. The predicted octanol–water partition coefficient (Wildman–Crippen LogP) is 2.15. The first-order valence-electron chi connectivity index (χ1n) is 5.14. The van der Waals surface area contributed by atoms with Crippen LogP contribution in [0.5, 0.6) is 0 Å². The number of halogens is 1. The topological polar surface area (TPSA) is 55.0 Å². The second-order valence-corrected chi connectivity index (χ2v) is 7.02. The summed E-state index contributed by atoms with van der Waals surface area (Å²) in [6.07, 6.45) is 1.52. The van der Waals surface area contributed by atoms with Gasteiger partial charge in [0, 0.05) is 23.6 Å². The lowest BCUT2D eigenvalue weighted by atomic mass is 10.2. The van der Waals surface area contributed by atoms with Gasteiger partial charge in [-0.15, -0.1) is 0 Å². The molecule has 6 heteroatoms. The zero-order chi connectivity index (χ0) is 11.8. The standard InChI is InChI=1S/C10H15BrN4S/c1-10(2)5-15(3-4-16-10)9-7(11)8(12)13-6-14-9/h6H,3-5H2,1-2H3,(H2,12,13,14). The molecule has 88 valence electrons. The number of nitrogen functional groups attached to an aromatic ring is 1. The van der Waals surface area contributed by atoms with Crippen LogP contribution in [-0.4, -0.2) is 33.6 Å². The number of hydrogen-bond acceptors (Lipinski definition) is 5. The third kappa shape index (κ3) is 2.43. The highest BCUT2D eigenvalue weighted by atomic mass is 79.9. The van der Waals surface area contributed by atoms with Gasteiger partial charge >= 0.3 is 0 Å². The van der Waals surface area contributed by atoms with Gasteiger partial charge in [0.1, 0.15) is 22.4 Å². The molecule has 2 rings (SSSR count). The van der Waals surface area contributed by atoms with Crippen molar-refractivity contribution in [3.8, 4) is 0 Å². The smallest absolute Gasteiger partial charge is 0.148 e. The fraction of sp³-hybridized carbons (Fsp3) is 0.600. The van der Waals surface area contributed by atoms with E-state index in [1.54, 1.807) is 0 Å². The van der Waals surface area contributed by atoms with Crippen molar-refractivity contribution in [1.82, 2.24) is 9.97 Å². The van der Waals surface area contributed by atoms with E-state index in [0.717, 1.165) is 29.1 Å². The Hall–Kier alpha value is -0.490. The number of thioether (sulfide) groups is 1. The van der Waals surface area contributed by atoms with Gasteiger partial charge in [0.05, 0.1) is 0 Å². The van der Waals surface area contributed by atoms with Gasteiger partial charge in [-0.05, 0) is 29.8 Å². The van der Waals surface area contributed by atoms with Crippen LogP contribution >= 0.6 is 27.7 Å². The number of nitrogens with two attached hydrogens (primary N) is 1. The summed E-state index contributed by atoms with van der Waals surface area (Å²) in [5.41, 5.74) is 5.77. The van der Waals surface area contributed by atoms with Gasteiger partial charge < -0.3 is 10.6 Å². The number of nitrogens with zero attached hydrogens (tertiary/aromatic N) is 3. The van der Waals surface area contributed by atoms with E-state index in [0.29, 0.717) is 5.82 Å². The molecule has 0 radical (unpaired) electrons. The zero-order valence-electron chi connectivity index (χ0n) is 9.40. The highest BCUT2D eigenvalue weighted by Crippen LogP contribution is 2.35. The minimum absolute atomic E-state index is 0.261. The molecule has 2 heterocycles. The fourth-order valence-corrected chi connectivity index (χ4v) is 3.36. The van der Waals surface area contributed by atoms with Crippen molar-refractivity contribution in [3.05, 3.63) is 10.8 Å². The van der Waals surface area contributed by atoms with Gasteiger partial charge in [-0.1, -0.05) is 0 Å². The third-order valence-corrected chi connectivity index (χ3v) is 4.58. The Morgan fingerprint density at radius 3 is 2.94 bits per heavy atom. The van der Waals surface area contributed by atoms with Crippen LogP contribution in [0.4, 0.5) is 11.6 Å². The van der Waals surface area contributed by atoms with Crippen LogP contribution in [0.15, 0.2) is 10.8 Å². The first-order chi connectivity index (χ1) is 7.49. The molecule has 0 aliphatic carbocycles. The monoisotopic (exact) mass is 302 g/mol. The van der Waals surface area contributed by atoms with E-state index in [1.165, 1.54) is 6.33 Å². The van der Waals surface area contributed by atoms with Gasteiger partial charge in [-0.3, -0.25) is 0 Å². The third-order valence-electron chi connectivity index (χ3n) is 2.52. The minimum atomic E-state index is 0.261. The molecule has 1 aromatic heterocycles. The Kier molecular flexibility index (Phi) is 3.30. The summed E-state index contributed by atoms with van der Waals surface area (Å²) < 4.78 is 1.06. The van der Waals surface area contributed by atoms with E-state index < -0.39 is 0 Å². The van der Waals surface area contributed by atoms with Crippen LogP contribution in [0.2, 0.25) is 0 Å². The van der Waals surface area contributed by atoms with Crippen molar-refractivity contribution in [1.29, 1.82) is 0 Å². The second kappa shape index (κ2) is 4.41. The molecule has 0 atom stereocenters. The number of anilines is 2. The SMILES string of the molecule is CC1(C)CN(c2ncnc(N)c2Br)CCS1. The summed E-state index contributed by atoms with van der Waals surface area (Å²) >= 11 is 5.45. The molecule has 1 saturated heterocycles. The number of rotatable bonds is 1. The molecule has 0 saturated carbocycles. The molecule has 1 aliphatic heterocycles. The molecule has 16 heavy (non-hydrogen) atoms. The summed E-state index contributed by atoms with van der Waals surface area (Å²) in [6, 6.07) is 0. The van der Waals surface area contributed by atoms with Crippen LogP contribution in [-0.2, 0) is 0 Å². The van der Waals surface area contributed by atoms with Gasteiger partial charge in [0.25, 0.3) is 0 Å².